The van der Waals surface area contributed by atoms with E-state index in [0.29, 0.717) is 0 Å². The lowest BCUT2D eigenvalue weighted by atomic mass is 10.7. The van der Waals surface area contributed by atoms with E-state index in [9.17, 15) is 4.79 Å². The van der Waals surface area contributed by atoms with Crippen LogP contribution in [0.4, 0.5) is 0 Å². The Labute approximate surface area is 73.6 Å². The lowest BCUT2D eigenvalue weighted by molar-refractivity contribution is 0.629. The van der Waals surface area contributed by atoms with Crippen LogP contribution in [0.3, 0.4) is 0 Å². The molecule has 0 aliphatic carbocycles. The largest absolute Gasteiger partial charge is 0.338 e. The van der Waals surface area contributed by atoms with Crippen molar-refractivity contribution in [2.24, 2.45) is 0 Å². The van der Waals surface area contributed by atoms with Crippen LogP contribution in [-0.2, 0) is 13.1 Å². The monoisotopic (exact) mass is 189 g/mol. The Morgan fingerprint density at radius 3 is 1.92 bits per heavy atom. The van der Waals surface area contributed by atoms with Gasteiger partial charge in [0, 0.05) is 13.1 Å². The smallest absolute Gasteiger partial charge is 0.258 e. The van der Waals surface area contributed by atoms with Gasteiger partial charge in [0.25, 0.3) is 0 Å². The molecule has 0 amide bonds. The highest BCUT2D eigenvalue weighted by atomic mass is 31.1. The summed E-state index contributed by atoms with van der Waals surface area (Å²) in [6, 6.07) is 0. The molecule has 4 nitrogen and oxygen atoms in total. The van der Waals surface area contributed by atoms with Crippen LogP contribution in [0.25, 0.3) is 0 Å². The molecule has 12 heavy (non-hydrogen) atoms. The molecule has 0 aliphatic heterocycles. The van der Waals surface area contributed by atoms with Gasteiger partial charge in [-0.3, -0.25) is 8.66 Å². The predicted molar refractivity (Wildman–Crippen MR) is 52.8 cm³/mol. The third kappa shape index (κ3) is 1.25. The Bertz CT molecular complexity index is 284. The van der Waals surface area contributed by atoms with Crippen molar-refractivity contribution in [1.82, 2.24) is 8.66 Å². The summed E-state index contributed by atoms with van der Waals surface area (Å²) >= 11 is 0. The van der Waals surface area contributed by atoms with Gasteiger partial charge >= 0.3 is 5.69 Å². The zero-order valence-electron chi connectivity index (χ0n) is 8.11. The molecular formula is C7H16N3OP. The topological polar surface area (TPSA) is 30.2 Å². The van der Waals surface area contributed by atoms with Crippen molar-refractivity contribution >= 4 is 8.00 Å². The molecule has 1 aromatic rings. The van der Waals surface area contributed by atoms with Gasteiger partial charge in [0.1, 0.15) is 8.00 Å². The zero-order valence-corrected chi connectivity index (χ0v) is 9.01. The minimum absolute atomic E-state index is 0.180. The van der Waals surface area contributed by atoms with Crippen molar-refractivity contribution in [3.8, 4) is 0 Å². The summed E-state index contributed by atoms with van der Waals surface area (Å²) < 4.78 is 5.95. The summed E-state index contributed by atoms with van der Waals surface area (Å²) in [5.41, 5.74) is 0.180. The van der Waals surface area contributed by atoms with Gasteiger partial charge in [0.05, 0.1) is 0 Å². The Morgan fingerprint density at radius 2 is 1.67 bits per heavy atom. The van der Waals surface area contributed by atoms with E-state index < -0.39 is 8.00 Å². The maximum atomic E-state index is 11.4. The third-order valence-electron chi connectivity index (χ3n) is 1.83. The van der Waals surface area contributed by atoms with Crippen molar-refractivity contribution < 1.29 is 0 Å². The van der Waals surface area contributed by atoms with E-state index in [4.69, 9.17) is 0 Å². The molecule has 0 spiro atoms. The molecule has 1 rings (SSSR count). The van der Waals surface area contributed by atoms with E-state index in [1.807, 2.05) is 36.6 Å². The average Bonchev–Trinajstić information content (AvgIpc) is 2.01. The molecule has 0 bridgehead atoms. The van der Waals surface area contributed by atoms with Gasteiger partial charge in [-0.1, -0.05) is 0 Å². The number of nitrogens with zero attached hydrogens (tertiary/aromatic N) is 3. The lowest BCUT2D eigenvalue weighted by Crippen LogP contribution is -2.39. The Kier molecular flexibility index (Phi) is 2.80. The molecule has 70 valence electrons. The molecule has 1 aromatic heterocycles. The first-order valence-electron chi connectivity index (χ1n) is 4.19. The lowest BCUT2D eigenvalue weighted by Gasteiger charge is -2.26. The Morgan fingerprint density at radius 1 is 1.25 bits per heavy atom. The molecule has 0 radical (unpaired) electrons. The zero-order chi connectivity index (χ0) is 9.30. The normalized spacial score (nSPS) is 11.4. The van der Waals surface area contributed by atoms with Gasteiger partial charge in [-0.05, 0) is 27.9 Å². The Hall–Kier alpha value is -0.470. The molecule has 5 heteroatoms. The third-order valence-corrected chi connectivity index (χ3v) is 4.32. The summed E-state index contributed by atoms with van der Waals surface area (Å²) in [6.45, 7) is 5.67. The summed E-state index contributed by atoms with van der Waals surface area (Å²) in [6.07, 6.45) is 0. The van der Waals surface area contributed by atoms with Crippen molar-refractivity contribution in [3.63, 3.8) is 0 Å². The highest BCUT2D eigenvalue weighted by molar-refractivity contribution is 7.44. The highest BCUT2D eigenvalue weighted by Gasteiger charge is 2.16. The maximum Gasteiger partial charge on any atom is 0.338 e. The van der Waals surface area contributed by atoms with E-state index in [-0.39, 0.29) is 5.69 Å². The van der Waals surface area contributed by atoms with Gasteiger partial charge in [0.15, 0.2) is 0 Å². The van der Waals surface area contributed by atoms with E-state index in [1.54, 1.807) is 0 Å². The summed E-state index contributed by atoms with van der Waals surface area (Å²) in [5.74, 6) is 0. The van der Waals surface area contributed by atoms with Gasteiger partial charge in [-0.15, -0.1) is 0 Å². The summed E-state index contributed by atoms with van der Waals surface area (Å²) in [4.78, 5) is 11.4. The standard InChI is InChI=1S/C7H16N3OP/c1-5-9-7(11)10(6-2)12(9)8(3)4/h5-6H2,1-4H3. The van der Waals surface area contributed by atoms with Crippen LogP contribution in [0.5, 0.6) is 0 Å². The SMILES string of the molecule is CCn1c(=O)n(CC)p1N(C)C. The number of aromatic nitrogens is 2. The summed E-state index contributed by atoms with van der Waals surface area (Å²) in [7, 11) is 3.56. The van der Waals surface area contributed by atoms with Crippen molar-refractivity contribution in [1.29, 1.82) is 0 Å². The van der Waals surface area contributed by atoms with Crippen molar-refractivity contribution in [2.75, 3.05) is 18.8 Å². The second-order valence-corrected chi connectivity index (χ2v) is 5.13. The van der Waals surface area contributed by atoms with Gasteiger partial charge < -0.3 is 0 Å². The molecule has 0 aliphatic rings. The molecule has 0 aromatic carbocycles. The number of hydrogen-bond donors (Lipinski definition) is 0. The van der Waals surface area contributed by atoms with Crippen molar-refractivity contribution in [2.45, 2.75) is 26.9 Å². The van der Waals surface area contributed by atoms with Crippen LogP contribution in [0.15, 0.2) is 4.79 Å². The van der Waals surface area contributed by atoms with Crippen molar-refractivity contribution in [3.05, 3.63) is 10.5 Å². The quantitative estimate of drug-likeness (QED) is 0.706. The molecule has 0 fully saturated rings. The minimum Gasteiger partial charge on any atom is -0.258 e. The van der Waals surface area contributed by atoms with Crippen LogP contribution in [0.2, 0.25) is 0 Å². The van der Waals surface area contributed by atoms with E-state index in [1.165, 1.54) is 0 Å². The van der Waals surface area contributed by atoms with E-state index >= 15 is 0 Å². The molecule has 1 heterocycles. The van der Waals surface area contributed by atoms with E-state index in [0.717, 1.165) is 13.1 Å². The fourth-order valence-corrected chi connectivity index (χ4v) is 3.36. The minimum atomic E-state index is -0.473. The highest BCUT2D eigenvalue weighted by Crippen LogP contribution is 2.26. The first kappa shape index (κ1) is 9.62. The second kappa shape index (κ2) is 3.50. The maximum absolute atomic E-state index is 11.4. The van der Waals surface area contributed by atoms with Crippen LogP contribution >= 0.6 is 8.00 Å². The molecular weight excluding hydrogens is 173 g/mol. The first-order valence-corrected chi connectivity index (χ1v) is 5.39. The van der Waals surface area contributed by atoms with Crippen LogP contribution in [-0.4, -0.2) is 22.8 Å². The van der Waals surface area contributed by atoms with Gasteiger partial charge in [-0.2, -0.15) is 0 Å². The fourth-order valence-electron chi connectivity index (χ4n) is 1.33. The predicted octanol–water partition coefficient (Wildman–Crippen LogP) is 0.874. The van der Waals surface area contributed by atoms with Crippen LogP contribution < -0.4 is 10.4 Å². The van der Waals surface area contributed by atoms with Gasteiger partial charge in [-0.25, -0.2) is 9.46 Å². The Balaban J connectivity index is 3.09. The molecule has 0 saturated carbocycles. The van der Waals surface area contributed by atoms with Gasteiger partial charge in [0.2, 0.25) is 0 Å². The fraction of sp³-hybridized carbons (Fsp3) is 0.857. The molecule has 0 saturated heterocycles. The molecule has 0 N–H and O–H groups in total. The second-order valence-electron chi connectivity index (χ2n) is 2.83. The molecule has 0 atom stereocenters. The average molecular weight is 189 g/mol. The van der Waals surface area contributed by atoms with E-state index in [2.05, 4.69) is 4.67 Å². The first-order chi connectivity index (χ1) is 5.63. The number of hydrogen-bond acceptors (Lipinski definition) is 2. The summed E-state index contributed by atoms with van der Waals surface area (Å²) in [5, 5.41) is 0. The number of rotatable bonds is 3. The molecule has 0 unspecified atom stereocenters. The van der Waals surface area contributed by atoms with Crippen LogP contribution in [0, 0.1) is 0 Å². The van der Waals surface area contributed by atoms with Crippen LogP contribution in [0.1, 0.15) is 13.8 Å².